The highest BCUT2D eigenvalue weighted by Crippen LogP contribution is 2.38. The van der Waals surface area contributed by atoms with Crippen molar-refractivity contribution in [2.75, 3.05) is 46.0 Å². The molecule has 2 aliphatic heterocycles. The first kappa shape index (κ1) is 24.2. The summed E-state index contributed by atoms with van der Waals surface area (Å²) in [4.78, 5) is 3.10. The number of ether oxygens (including phenoxy) is 2. The minimum absolute atomic E-state index is 0.000495. The van der Waals surface area contributed by atoms with Crippen molar-refractivity contribution in [1.29, 1.82) is 0 Å². The van der Waals surface area contributed by atoms with Gasteiger partial charge in [-0.1, -0.05) is 23.2 Å². The molecule has 176 valence electrons. The van der Waals surface area contributed by atoms with E-state index >= 15 is 0 Å². The van der Waals surface area contributed by atoms with Gasteiger partial charge in [-0.25, -0.2) is 17.7 Å². The van der Waals surface area contributed by atoms with Crippen LogP contribution in [0.1, 0.15) is 0 Å². The van der Waals surface area contributed by atoms with E-state index in [2.05, 4.69) is 10.2 Å². The van der Waals surface area contributed by atoms with E-state index in [9.17, 15) is 12.8 Å². The van der Waals surface area contributed by atoms with Gasteiger partial charge >= 0.3 is 0 Å². The number of halogens is 3. The van der Waals surface area contributed by atoms with Gasteiger partial charge in [0.05, 0.1) is 31.4 Å². The summed E-state index contributed by atoms with van der Waals surface area (Å²) in [5.41, 5.74) is -0.590. The second-order valence-corrected chi connectivity index (χ2v) is 11.1. The number of nitrogens with one attached hydrogen (secondary N) is 1. The molecular weight excluding hydrogens is 492 g/mol. The number of nitrogens with zero attached hydrogens (tertiary/aromatic N) is 2. The van der Waals surface area contributed by atoms with Crippen LogP contribution in [-0.4, -0.2) is 58.7 Å². The third-order valence-electron chi connectivity index (χ3n) is 5.76. The predicted molar refractivity (Wildman–Crippen MR) is 123 cm³/mol. The molecule has 2 heterocycles. The smallest absolute Gasteiger partial charge is 0.244 e. The van der Waals surface area contributed by atoms with Gasteiger partial charge in [-0.2, -0.15) is 4.31 Å². The fourth-order valence-corrected chi connectivity index (χ4v) is 6.21. The third kappa shape index (κ3) is 5.27. The molecule has 33 heavy (non-hydrogen) atoms. The minimum Gasteiger partial charge on any atom is -0.493 e. The van der Waals surface area contributed by atoms with Crippen LogP contribution in [0.5, 0.6) is 5.75 Å². The highest BCUT2D eigenvalue weighted by atomic mass is 35.5. The van der Waals surface area contributed by atoms with E-state index in [4.69, 9.17) is 39.2 Å². The van der Waals surface area contributed by atoms with Crippen molar-refractivity contribution in [2.45, 2.75) is 4.90 Å². The quantitative estimate of drug-likeness (QED) is 0.513. The molecule has 0 radical (unpaired) electrons. The highest BCUT2D eigenvalue weighted by molar-refractivity contribution is 7.89. The van der Waals surface area contributed by atoms with E-state index in [0.717, 1.165) is 6.54 Å². The molecule has 4 rings (SSSR count). The molecule has 0 saturated carbocycles. The Bertz CT molecular complexity index is 1180. The summed E-state index contributed by atoms with van der Waals surface area (Å²) in [5, 5.41) is 3.81. The molecule has 7 nitrogen and oxygen atoms in total. The maximum Gasteiger partial charge on any atom is 0.244 e. The lowest BCUT2D eigenvalue weighted by molar-refractivity contribution is -0.0354. The minimum atomic E-state index is -3.81. The average Bonchev–Trinajstić information content (AvgIpc) is 2.70. The van der Waals surface area contributed by atoms with Crippen LogP contribution in [0.2, 0.25) is 10.0 Å². The first-order chi connectivity index (χ1) is 15.7. The van der Waals surface area contributed by atoms with Crippen LogP contribution in [0.15, 0.2) is 41.3 Å². The molecule has 0 unspecified atom stereocenters. The number of hydrogen-bond acceptors (Lipinski definition) is 5. The Morgan fingerprint density at radius 2 is 2.00 bits per heavy atom. The molecule has 1 N–H and O–H groups in total. The zero-order chi connectivity index (χ0) is 23.6. The molecule has 2 aliphatic rings. The van der Waals surface area contributed by atoms with E-state index in [-0.39, 0.29) is 41.1 Å². The largest absolute Gasteiger partial charge is 0.493 e. The number of sulfonamides is 1. The molecule has 2 aromatic carbocycles. The van der Waals surface area contributed by atoms with Crippen molar-refractivity contribution in [3.8, 4) is 5.75 Å². The van der Waals surface area contributed by atoms with E-state index in [1.165, 1.54) is 40.7 Å². The number of hydrogen-bond donors (Lipinski definition) is 1. The summed E-state index contributed by atoms with van der Waals surface area (Å²) in [5.74, 6) is 0.0644. The molecule has 11 heteroatoms. The molecule has 0 aromatic heterocycles. The maximum atomic E-state index is 13.9. The van der Waals surface area contributed by atoms with Crippen molar-refractivity contribution < 1.29 is 22.3 Å². The van der Waals surface area contributed by atoms with Gasteiger partial charge in [-0.05, 0) is 30.3 Å². The summed E-state index contributed by atoms with van der Waals surface area (Å²) in [6, 6.07) is 8.34. The summed E-state index contributed by atoms with van der Waals surface area (Å²) in [6.45, 7) is 10.2. The first-order valence-corrected chi connectivity index (χ1v) is 12.5. The van der Waals surface area contributed by atoms with Crippen molar-refractivity contribution in [2.24, 2.45) is 11.3 Å². The van der Waals surface area contributed by atoms with Crippen molar-refractivity contribution in [3.05, 3.63) is 63.7 Å². The van der Waals surface area contributed by atoms with E-state index in [1.807, 2.05) is 0 Å². The Kier molecular flexibility index (Phi) is 7.15. The maximum absolute atomic E-state index is 13.9. The van der Waals surface area contributed by atoms with Crippen LogP contribution >= 0.6 is 23.2 Å². The summed E-state index contributed by atoms with van der Waals surface area (Å²) in [7, 11) is -3.81. The molecule has 0 atom stereocenters. The average molecular weight is 514 g/mol. The van der Waals surface area contributed by atoms with Crippen LogP contribution in [0.4, 0.5) is 10.1 Å². The molecule has 0 spiro atoms. The lowest BCUT2D eigenvalue weighted by atomic mass is 9.82. The predicted octanol–water partition coefficient (Wildman–Crippen LogP) is 3.99. The second-order valence-electron chi connectivity index (χ2n) is 8.40. The fourth-order valence-electron chi connectivity index (χ4n) is 3.80. The van der Waals surface area contributed by atoms with Gasteiger partial charge in [0.15, 0.2) is 0 Å². The van der Waals surface area contributed by atoms with Gasteiger partial charge < -0.3 is 14.8 Å². The summed E-state index contributed by atoms with van der Waals surface area (Å²) < 4.78 is 52.5. The Balaban J connectivity index is 1.46. The van der Waals surface area contributed by atoms with Crippen LogP contribution in [0.25, 0.3) is 4.85 Å². The van der Waals surface area contributed by atoms with Gasteiger partial charge in [-0.3, -0.25) is 0 Å². The van der Waals surface area contributed by atoms with Gasteiger partial charge in [0.2, 0.25) is 15.7 Å². The summed E-state index contributed by atoms with van der Waals surface area (Å²) >= 11 is 12.0. The normalized spacial score (nSPS) is 18.2. The third-order valence-corrected chi connectivity index (χ3v) is 8.27. The highest BCUT2D eigenvalue weighted by Gasteiger charge is 2.49. The molecule has 0 aliphatic carbocycles. The van der Waals surface area contributed by atoms with Gasteiger partial charge in [-0.15, -0.1) is 0 Å². The van der Waals surface area contributed by atoms with Crippen molar-refractivity contribution >= 4 is 38.9 Å². The molecule has 2 fully saturated rings. The van der Waals surface area contributed by atoms with Gasteiger partial charge in [0.25, 0.3) is 0 Å². The molecule has 0 amide bonds. The van der Waals surface area contributed by atoms with Crippen molar-refractivity contribution in [1.82, 2.24) is 9.62 Å². The lowest BCUT2D eigenvalue weighted by Gasteiger charge is -2.49. The molecular formula is C22H22Cl2FN3O4S. The summed E-state index contributed by atoms with van der Waals surface area (Å²) in [6.07, 6.45) is 0. The van der Waals surface area contributed by atoms with E-state index in [0.29, 0.717) is 30.7 Å². The second kappa shape index (κ2) is 9.74. The van der Waals surface area contributed by atoms with Crippen LogP contribution in [-0.2, 0) is 14.8 Å². The Morgan fingerprint density at radius 1 is 1.24 bits per heavy atom. The standard InChI is InChI=1S/C22H22Cl2FN3O4S/c1-26-20-4-3-17(7-19(20)25)32-14-22(11-27-8-15-9-31-10-15)12-28(13-22)33(29,30)21-5-2-16(23)6-18(21)24/h2-7,15,27H,8-14H2. The fraction of sp³-hybridized carbons (Fsp3) is 0.409. The van der Waals surface area contributed by atoms with Crippen LogP contribution in [0.3, 0.4) is 0 Å². The Hall–Kier alpha value is -1.93. The monoisotopic (exact) mass is 513 g/mol. The molecule has 2 aromatic rings. The SMILES string of the molecule is [C-]#[N+]c1ccc(OCC2(CNCC3COC3)CN(S(=O)(=O)c3ccc(Cl)cc3Cl)C2)cc1F. The molecule has 0 bridgehead atoms. The lowest BCUT2D eigenvalue weighted by Crippen LogP contribution is -2.64. The van der Waals surface area contributed by atoms with Gasteiger partial charge in [0.1, 0.15) is 16.5 Å². The van der Waals surface area contributed by atoms with E-state index < -0.39 is 21.3 Å². The number of benzene rings is 2. The van der Waals surface area contributed by atoms with Crippen molar-refractivity contribution in [3.63, 3.8) is 0 Å². The first-order valence-electron chi connectivity index (χ1n) is 10.3. The van der Waals surface area contributed by atoms with Crippen LogP contribution < -0.4 is 10.1 Å². The van der Waals surface area contributed by atoms with Gasteiger partial charge in [0, 0.05) is 48.6 Å². The van der Waals surface area contributed by atoms with E-state index in [1.54, 1.807) is 0 Å². The Morgan fingerprint density at radius 3 is 2.61 bits per heavy atom. The Labute approximate surface area is 202 Å². The zero-order valence-corrected chi connectivity index (χ0v) is 19.9. The zero-order valence-electron chi connectivity index (χ0n) is 17.6. The topological polar surface area (TPSA) is 72.2 Å². The number of rotatable bonds is 9. The van der Waals surface area contributed by atoms with Crippen LogP contribution in [0, 0.1) is 23.7 Å². The molecule has 2 saturated heterocycles.